The van der Waals surface area contributed by atoms with Crippen molar-refractivity contribution in [1.29, 1.82) is 0 Å². The molecule has 0 saturated carbocycles. The lowest BCUT2D eigenvalue weighted by atomic mass is 10.1. The largest absolute Gasteiger partial charge is 0.368 e. The number of anilines is 1. The van der Waals surface area contributed by atoms with E-state index >= 15 is 0 Å². The second kappa shape index (κ2) is 5.89. The molecule has 0 spiro atoms. The molecular weight excluding hydrogens is 238 g/mol. The summed E-state index contributed by atoms with van der Waals surface area (Å²) in [4.78, 5) is 13.3. The summed E-state index contributed by atoms with van der Waals surface area (Å²) in [5, 5.41) is 3.33. The fourth-order valence-electron chi connectivity index (χ4n) is 2.04. The van der Waals surface area contributed by atoms with Gasteiger partial charge >= 0.3 is 0 Å². The fraction of sp³-hybridized carbons (Fsp3) is 0.417. The van der Waals surface area contributed by atoms with Crippen molar-refractivity contribution in [1.82, 2.24) is 5.32 Å². The summed E-state index contributed by atoms with van der Waals surface area (Å²) >= 11 is 0. The molecule has 0 aliphatic carbocycles. The number of nitrogens with two attached hydrogens (primary N) is 1. The fourth-order valence-corrected chi connectivity index (χ4v) is 2.04. The number of carbonyl (C=O) groups is 1. The molecule has 1 atom stereocenters. The van der Waals surface area contributed by atoms with Crippen molar-refractivity contribution in [2.24, 2.45) is 5.73 Å². The maximum absolute atomic E-state index is 11.3. The van der Waals surface area contributed by atoms with Gasteiger partial charge in [-0.25, -0.2) is 0 Å². The van der Waals surface area contributed by atoms with Gasteiger partial charge in [-0.2, -0.15) is 0 Å². The van der Waals surface area contributed by atoms with E-state index in [1.807, 2.05) is 25.1 Å². The Morgan fingerprint density at radius 3 is 2.88 bits per heavy atom. The van der Waals surface area contributed by atoms with E-state index in [-0.39, 0.29) is 24.4 Å². The third-order valence-electron chi connectivity index (χ3n) is 3.03. The Bertz CT molecular complexity index is 397. The van der Waals surface area contributed by atoms with Gasteiger partial charge in [-0.15, -0.1) is 12.4 Å². The number of nitrogens with zero attached hydrogens (tertiary/aromatic N) is 1. The number of halogens is 1. The van der Waals surface area contributed by atoms with E-state index in [1.165, 1.54) is 5.56 Å². The van der Waals surface area contributed by atoms with Gasteiger partial charge in [0.05, 0.1) is 0 Å². The second-order valence-electron chi connectivity index (χ2n) is 4.08. The highest BCUT2D eigenvalue weighted by atomic mass is 35.5. The van der Waals surface area contributed by atoms with Crippen molar-refractivity contribution in [3.63, 3.8) is 0 Å². The van der Waals surface area contributed by atoms with Gasteiger partial charge in [0.2, 0.25) is 5.91 Å². The number of benzene rings is 1. The highest BCUT2D eigenvalue weighted by Gasteiger charge is 2.22. The predicted octanol–water partition coefficient (Wildman–Crippen LogP) is 0.892. The quantitative estimate of drug-likeness (QED) is 0.825. The van der Waals surface area contributed by atoms with Crippen LogP contribution in [0, 0.1) is 0 Å². The van der Waals surface area contributed by atoms with Crippen LogP contribution in [0.2, 0.25) is 0 Å². The number of carbonyl (C=O) groups excluding carboxylic acids is 1. The van der Waals surface area contributed by atoms with Gasteiger partial charge in [-0.05, 0) is 18.6 Å². The number of hydrogen-bond acceptors (Lipinski definition) is 3. The van der Waals surface area contributed by atoms with E-state index in [0.29, 0.717) is 0 Å². The lowest BCUT2D eigenvalue weighted by Gasteiger charge is -2.29. The van der Waals surface area contributed by atoms with Crippen molar-refractivity contribution < 1.29 is 4.79 Å². The zero-order valence-electron chi connectivity index (χ0n) is 9.85. The Balaban J connectivity index is 0.00000144. The number of hydrogen-bond donors (Lipinski definition) is 2. The minimum absolute atomic E-state index is 0. The molecular formula is C12H18ClN3O. The average Bonchev–Trinajstić information content (AvgIpc) is 2.50. The number of para-hydroxylation sites is 1. The summed E-state index contributed by atoms with van der Waals surface area (Å²) in [7, 11) is 0. The van der Waals surface area contributed by atoms with Crippen LogP contribution in [0.25, 0.3) is 0 Å². The molecule has 1 heterocycles. The Morgan fingerprint density at radius 2 is 2.18 bits per heavy atom. The molecule has 1 aromatic carbocycles. The maximum Gasteiger partial charge on any atom is 0.239 e. The average molecular weight is 256 g/mol. The highest BCUT2D eigenvalue weighted by Crippen LogP contribution is 2.23. The van der Waals surface area contributed by atoms with Gasteiger partial charge in [0.1, 0.15) is 6.04 Å². The maximum atomic E-state index is 11.3. The number of amides is 1. The van der Waals surface area contributed by atoms with Gasteiger partial charge in [0, 0.05) is 25.3 Å². The third kappa shape index (κ3) is 2.90. The van der Waals surface area contributed by atoms with Crippen LogP contribution in [0.4, 0.5) is 5.69 Å². The van der Waals surface area contributed by atoms with Crippen molar-refractivity contribution >= 4 is 24.0 Å². The molecule has 3 N–H and O–H groups in total. The van der Waals surface area contributed by atoms with E-state index in [9.17, 15) is 4.79 Å². The lowest BCUT2D eigenvalue weighted by Crippen LogP contribution is -2.44. The predicted molar refractivity (Wildman–Crippen MR) is 71.4 cm³/mol. The monoisotopic (exact) mass is 255 g/mol. The molecule has 1 aliphatic heterocycles. The first-order valence-corrected chi connectivity index (χ1v) is 5.54. The molecule has 1 unspecified atom stereocenters. The zero-order valence-corrected chi connectivity index (χ0v) is 10.7. The second-order valence-corrected chi connectivity index (χ2v) is 4.08. The lowest BCUT2D eigenvalue weighted by molar-refractivity contribution is -0.118. The molecule has 4 nitrogen and oxygen atoms in total. The van der Waals surface area contributed by atoms with Gasteiger partial charge in [-0.3, -0.25) is 4.79 Å². The van der Waals surface area contributed by atoms with Crippen molar-refractivity contribution in [3.05, 3.63) is 29.8 Å². The molecule has 0 saturated heterocycles. The van der Waals surface area contributed by atoms with Crippen LogP contribution in [-0.4, -0.2) is 25.0 Å². The van der Waals surface area contributed by atoms with Gasteiger partial charge in [-0.1, -0.05) is 18.2 Å². The molecule has 0 aromatic heterocycles. The molecule has 5 heteroatoms. The van der Waals surface area contributed by atoms with E-state index in [0.717, 1.165) is 25.3 Å². The van der Waals surface area contributed by atoms with Gasteiger partial charge < -0.3 is 16.0 Å². The molecule has 0 fully saturated rings. The Labute approximate surface area is 108 Å². The first-order valence-electron chi connectivity index (χ1n) is 5.54. The van der Waals surface area contributed by atoms with Crippen LogP contribution in [-0.2, 0) is 11.3 Å². The van der Waals surface area contributed by atoms with Crippen LogP contribution in [0.15, 0.2) is 24.3 Å². The van der Waals surface area contributed by atoms with Crippen molar-refractivity contribution in [2.75, 3.05) is 18.0 Å². The first kappa shape index (κ1) is 13.8. The van der Waals surface area contributed by atoms with E-state index in [1.54, 1.807) is 0 Å². The molecule has 94 valence electrons. The van der Waals surface area contributed by atoms with Crippen molar-refractivity contribution in [3.8, 4) is 0 Å². The third-order valence-corrected chi connectivity index (χ3v) is 3.03. The molecule has 1 aromatic rings. The number of primary amides is 1. The summed E-state index contributed by atoms with van der Waals surface area (Å²) in [6.45, 7) is 4.37. The minimum atomic E-state index is -0.281. The number of fused-ring (bicyclic) bond motifs is 1. The molecule has 0 radical (unpaired) electrons. The van der Waals surface area contributed by atoms with Crippen LogP contribution in [0.3, 0.4) is 0 Å². The molecule has 17 heavy (non-hydrogen) atoms. The number of rotatable bonds is 2. The first-order chi connectivity index (χ1) is 7.70. The van der Waals surface area contributed by atoms with Crippen LogP contribution < -0.4 is 16.0 Å². The standard InChI is InChI=1S/C12H17N3O.ClH/c1-9(12(13)16)15-7-6-14-8-10-4-2-3-5-11(10)15;/h2-5,9,14H,6-8H2,1H3,(H2,13,16);1H. The SMILES string of the molecule is CC(C(N)=O)N1CCNCc2ccccc21.Cl. The summed E-state index contributed by atoms with van der Waals surface area (Å²) in [6, 6.07) is 7.86. The summed E-state index contributed by atoms with van der Waals surface area (Å²) < 4.78 is 0. The summed E-state index contributed by atoms with van der Waals surface area (Å²) in [6.07, 6.45) is 0. The molecule has 0 bridgehead atoms. The van der Waals surface area contributed by atoms with E-state index < -0.39 is 0 Å². The van der Waals surface area contributed by atoms with Crippen molar-refractivity contribution in [2.45, 2.75) is 19.5 Å². The highest BCUT2D eigenvalue weighted by molar-refractivity contribution is 5.85. The topological polar surface area (TPSA) is 58.4 Å². The molecule has 1 aliphatic rings. The van der Waals surface area contributed by atoms with E-state index in [2.05, 4.69) is 16.3 Å². The normalized spacial score (nSPS) is 16.4. The van der Waals surface area contributed by atoms with Crippen LogP contribution in [0.5, 0.6) is 0 Å². The van der Waals surface area contributed by atoms with Crippen LogP contribution >= 0.6 is 12.4 Å². The summed E-state index contributed by atoms with van der Waals surface area (Å²) in [5.74, 6) is -0.281. The van der Waals surface area contributed by atoms with Crippen LogP contribution in [0.1, 0.15) is 12.5 Å². The zero-order chi connectivity index (χ0) is 11.5. The minimum Gasteiger partial charge on any atom is -0.368 e. The Kier molecular flexibility index (Phi) is 4.78. The number of nitrogens with one attached hydrogen (secondary N) is 1. The smallest absolute Gasteiger partial charge is 0.239 e. The van der Waals surface area contributed by atoms with Gasteiger partial charge in [0.25, 0.3) is 0 Å². The molecule has 1 amide bonds. The Hall–Kier alpha value is -1.26. The molecule has 2 rings (SSSR count). The summed E-state index contributed by atoms with van der Waals surface area (Å²) in [5.41, 5.74) is 7.70. The van der Waals surface area contributed by atoms with E-state index in [4.69, 9.17) is 5.73 Å². The Morgan fingerprint density at radius 1 is 1.47 bits per heavy atom. The van der Waals surface area contributed by atoms with Gasteiger partial charge in [0.15, 0.2) is 0 Å².